The van der Waals surface area contributed by atoms with E-state index in [1.165, 1.54) is 23.3 Å². The average Bonchev–Trinajstić information content (AvgIpc) is 3.54. The normalized spacial score (nSPS) is 15.9. The monoisotopic (exact) mass is 527 g/mol. The van der Waals surface area contributed by atoms with Crippen LogP contribution in [0.15, 0.2) is 29.6 Å². The van der Waals surface area contributed by atoms with Gasteiger partial charge in [-0.15, -0.1) is 11.3 Å². The van der Waals surface area contributed by atoms with E-state index in [4.69, 9.17) is 9.47 Å². The molecular weight excluding hydrogens is 486 g/mol. The van der Waals surface area contributed by atoms with E-state index in [0.29, 0.717) is 37.6 Å². The van der Waals surface area contributed by atoms with Gasteiger partial charge in [-0.05, 0) is 86.8 Å². The highest BCUT2D eigenvalue weighted by molar-refractivity contribution is 7.10. The summed E-state index contributed by atoms with van der Waals surface area (Å²) in [4.78, 5) is 34.4. The first-order chi connectivity index (χ1) is 18.0. The summed E-state index contributed by atoms with van der Waals surface area (Å²) in [6.07, 6.45) is 6.15. The first kappa shape index (κ1) is 27.5. The molecule has 202 valence electrons. The number of ether oxygens (including phenoxy) is 2. The second kappa shape index (κ2) is 13.3. The predicted molar refractivity (Wildman–Crippen MR) is 147 cm³/mol. The van der Waals surface area contributed by atoms with Gasteiger partial charge in [0.2, 0.25) is 11.8 Å². The standard InChI is InChI=1S/C29H41N3O4S/c1-22-12-18-37-27(22)20-31(15-11-23-9-10-25(35-2)26(19-23)36-3)28(33)21-32(29(34)24-7-6-8-24)17-16-30-13-4-5-14-30/h9-10,12,18-19,24H,4-8,11,13-17,20-21H2,1-3H3. The first-order valence-corrected chi connectivity index (χ1v) is 14.4. The van der Waals surface area contributed by atoms with E-state index in [1.54, 1.807) is 25.6 Å². The van der Waals surface area contributed by atoms with Gasteiger partial charge in [-0.25, -0.2) is 0 Å². The number of hydrogen-bond acceptors (Lipinski definition) is 6. The Kier molecular flexibility index (Phi) is 9.86. The summed E-state index contributed by atoms with van der Waals surface area (Å²) in [7, 11) is 3.26. The molecule has 0 radical (unpaired) electrons. The Morgan fingerprint density at radius 3 is 2.38 bits per heavy atom. The van der Waals surface area contributed by atoms with Gasteiger partial charge in [0.1, 0.15) is 0 Å². The van der Waals surface area contributed by atoms with E-state index in [2.05, 4.69) is 23.3 Å². The molecule has 0 bridgehead atoms. The molecule has 1 aliphatic carbocycles. The van der Waals surface area contributed by atoms with Crippen molar-refractivity contribution >= 4 is 23.2 Å². The van der Waals surface area contributed by atoms with Crippen LogP contribution in [0.25, 0.3) is 0 Å². The lowest BCUT2D eigenvalue weighted by Gasteiger charge is -2.34. The first-order valence-electron chi connectivity index (χ1n) is 13.5. The minimum absolute atomic E-state index is 0.0161. The Hall–Kier alpha value is -2.58. The Morgan fingerprint density at radius 2 is 1.76 bits per heavy atom. The van der Waals surface area contributed by atoms with Gasteiger partial charge in [0.25, 0.3) is 0 Å². The van der Waals surface area contributed by atoms with E-state index >= 15 is 0 Å². The lowest BCUT2D eigenvalue weighted by atomic mass is 9.84. The van der Waals surface area contributed by atoms with E-state index in [0.717, 1.165) is 44.5 Å². The summed E-state index contributed by atoms with van der Waals surface area (Å²) in [5.74, 6) is 1.64. The van der Waals surface area contributed by atoms with Crippen molar-refractivity contribution in [3.63, 3.8) is 0 Å². The molecule has 2 aromatic rings. The molecule has 2 fully saturated rings. The lowest BCUT2D eigenvalue weighted by Crippen LogP contribution is -2.48. The van der Waals surface area contributed by atoms with Crippen molar-refractivity contribution in [2.24, 2.45) is 5.92 Å². The van der Waals surface area contributed by atoms with Gasteiger partial charge in [-0.2, -0.15) is 0 Å². The zero-order chi connectivity index (χ0) is 26.2. The van der Waals surface area contributed by atoms with Crippen LogP contribution in [-0.4, -0.2) is 80.0 Å². The Balaban J connectivity index is 1.46. The molecular formula is C29H41N3O4S. The Bertz CT molecular complexity index is 1050. The molecule has 0 N–H and O–H groups in total. The van der Waals surface area contributed by atoms with Crippen molar-refractivity contribution in [3.8, 4) is 11.5 Å². The van der Waals surface area contributed by atoms with Gasteiger partial charge in [-0.3, -0.25) is 9.59 Å². The smallest absolute Gasteiger partial charge is 0.242 e. The second-order valence-corrected chi connectivity index (χ2v) is 11.2. The van der Waals surface area contributed by atoms with Crippen molar-refractivity contribution < 1.29 is 19.1 Å². The number of rotatable bonds is 13. The van der Waals surface area contributed by atoms with Crippen LogP contribution in [0.4, 0.5) is 0 Å². The predicted octanol–water partition coefficient (Wildman–Crippen LogP) is 4.37. The molecule has 1 aromatic heterocycles. The molecule has 0 unspecified atom stereocenters. The van der Waals surface area contributed by atoms with Crippen LogP contribution in [0.1, 0.15) is 48.1 Å². The highest BCUT2D eigenvalue weighted by Crippen LogP contribution is 2.29. The number of methoxy groups -OCH3 is 2. The fourth-order valence-electron chi connectivity index (χ4n) is 5.04. The largest absolute Gasteiger partial charge is 0.493 e. The van der Waals surface area contributed by atoms with Crippen LogP contribution >= 0.6 is 11.3 Å². The highest BCUT2D eigenvalue weighted by atomic mass is 32.1. The van der Waals surface area contributed by atoms with E-state index < -0.39 is 0 Å². The maximum atomic E-state index is 13.7. The third-order valence-corrected chi connectivity index (χ3v) is 8.76. The molecule has 2 amide bonds. The number of nitrogens with zero attached hydrogens (tertiary/aromatic N) is 3. The number of benzene rings is 1. The number of aryl methyl sites for hydroxylation is 1. The van der Waals surface area contributed by atoms with Crippen LogP contribution in [0.3, 0.4) is 0 Å². The zero-order valence-electron chi connectivity index (χ0n) is 22.5. The summed E-state index contributed by atoms with van der Waals surface area (Å²) in [6, 6.07) is 7.99. The zero-order valence-corrected chi connectivity index (χ0v) is 23.4. The quantitative estimate of drug-likeness (QED) is 0.387. The van der Waals surface area contributed by atoms with Gasteiger partial charge in [-0.1, -0.05) is 12.5 Å². The summed E-state index contributed by atoms with van der Waals surface area (Å²) < 4.78 is 10.8. The van der Waals surface area contributed by atoms with Crippen LogP contribution in [0.5, 0.6) is 11.5 Å². The molecule has 1 aliphatic heterocycles. The number of hydrogen-bond donors (Lipinski definition) is 0. The van der Waals surface area contributed by atoms with Gasteiger partial charge in [0.15, 0.2) is 11.5 Å². The van der Waals surface area contributed by atoms with Crippen LogP contribution < -0.4 is 9.47 Å². The van der Waals surface area contributed by atoms with Crippen molar-refractivity contribution in [1.29, 1.82) is 0 Å². The van der Waals surface area contributed by atoms with Crippen LogP contribution in [-0.2, 0) is 22.6 Å². The maximum Gasteiger partial charge on any atom is 0.242 e. The third kappa shape index (κ3) is 7.26. The molecule has 37 heavy (non-hydrogen) atoms. The highest BCUT2D eigenvalue weighted by Gasteiger charge is 2.31. The summed E-state index contributed by atoms with van der Waals surface area (Å²) in [5, 5.41) is 2.07. The fraction of sp³-hybridized carbons (Fsp3) is 0.586. The molecule has 0 spiro atoms. The third-order valence-electron chi connectivity index (χ3n) is 7.75. The molecule has 4 rings (SSSR count). The molecule has 8 heteroatoms. The van der Waals surface area contributed by atoms with Gasteiger partial charge < -0.3 is 24.2 Å². The van der Waals surface area contributed by atoms with Crippen LogP contribution in [0.2, 0.25) is 0 Å². The molecule has 2 aliphatic rings. The lowest BCUT2D eigenvalue weighted by molar-refractivity contribution is -0.145. The molecule has 1 saturated carbocycles. The van der Waals surface area contributed by atoms with Crippen molar-refractivity contribution in [2.45, 2.75) is 52.0 Å². The Morgan fingerprint density at radius 1 is 1.00 bits per heavy atom. The number of carbonyl (C=O) groups excluding carboxylic acids is 2. The van der Waals surface area contributed by atoms with E-state index in [-0.39, 0.29) is 24.3 Å². The molecule has 1 saturated heterocycles. The van der Waals surface area contributed by atoms with Crippen molar-refractivity contribution in [3.05, 3.63) is 45.6 Å². The van der Waals surface area contributed by atoms with Gasteiger partial charge >= 0.3 is 0 Å². The molecule has 7 nitrogen and oxygen atoms in total. The number of carbonyl (C=O) groups is 2. The maximum absolute atomic E-state index is 13.7. The van der Waals surface area contributed by atoms with Gasteiger partial charge in [0.05, 0.1) is 27.3 Å². The summed E-state index contributed by atoms with van der Waals surface area (Å²) >= 11 is 1.68. The fourth-order valence-corrected chi connectivity index (χ4v) is 5.96. The van der Waals surface area contributed by atoms with E-state index in [1.807, 2.05) is 28.0 Å². The number of amides is 2. The average molecular weight is 528 g/mol. The molecule has 2 heterocycles. The molecule has 1 aromatic carbocycles. The van der Waals surface area contributed by atoms with Gasteiger partial charge in [0, 0.05) is 30.4 Å². The van der Waals surface area contributed by atoms with Crippen molar-refractivity contribution in [2.75, 3.05) is 53.5 Å². The minimum atomic E-state index is 0.0161. The summed E-state index contributed by atoms with van der Waals surface area (Å²) in [5.41, 5.74) is 2.28. The SMILES string of the molecule is COc1ccc(CCN(Cc2sccc2C)C(=O)CN(CCN2CCCC2)C(=O)C2CCC2)cc1OC. The number of likely N-dealkylation sites (tertiary alicyclic amines) is 1. The Labute approximate surface area is 225 Å². The van der Waals surface area contributed by atoms with Crippen molar-refractivity contribution in [1.82, 2.24) is 14.7 Å². The second-order valence-electron chi connectivity index (χ2n) is 10.2. The molecule has 0 atom stereocenters. The topological polar surface area (TPSA) is 62.3 Å². The van der Waals surface area contributed by atoms with E-state index in [9.17, 15) is 9.59 Å². The van der Waals surface area contributed by atoms with Crippen LogP contribution in [0, 0.1) is 12.8 Å². The summed E-state index contributed by atoms with van der Waals surface area (Å²) in [6.45, 7) is 7.04. The number of thiophene rings is 1. The minimum Gasteiger partial charge on any atom is -0.493 e.